The molecule has 1 amide bonds. The largest absolute Gasteiger partial charge is 0.496 e. The van der Waals surface area contributed by atoms with E-state index in [2.05, 4.69) is 11.9 Å². The van der Waals surface area contributed by atoms with E-state index in [9.17, 15) is 14.7 Å². The fourth-order valence-corrected chi connectivity index (χ4v) is 4.17. The first-order valence-electron chi connectivity index (χ1n) is 10.5. The van der Waals surface area contributed by atoms with Gasteiger partial charge in [-0.25, -0.2) is 14.8 Å². The van der Waals surface area contributed by atoms with Crippen molar-refractivity contribution in [3.05, 3.63) is 82.4 Å². The number of benzene rings is 2. The van der Waals surface area contributed by atoms with Crippen LogP contribution in [0.4, 0.5) is 5.69 Å². The topological polar surface area (TPSA) is 92.6 Å². The van der Waals surface area contributed by atoms with Gasteiger partial charge in [-0.15, -0.1) is 0 Å². The molecule has 1 aliphatic rings. The Bertz CT molecular complexity index is 1190. The van der Waals surface area contributed by atoms with Crippen molar-refractivity contribution >= 4 is 17.6 Å². The summed E-state index contributed by atoms with van der Waals surface area (Å²) >= 11 is 0. The number of hydrogen-bond acceptors (Lipinski definition) is 5. The van der Waals surface area contributed by atoms with Crippen molar-refractivity contribution in [2.45, 2.75) is 32.1 Å². The summed E-state index contributed by atoms with van der Waals surface area (Å²) in [4.78, 5) is 35.3. The molecular weight excluding hydrogens is 406 g/mol. The van der Waals surface area contributed by atoms with Gasteiger partial charge in [0.1, 0.15) is 11.6 Å². The van der Waals surface area contributed by atoms with Crippen LogP contribution in [-0.2, 0) is 19.3 Å². The van der Waals surface area contributed by atoms with Gasteiger partial charge in [-0.05, 0) is 54.2 Å². The predicted octanol–water partition coefficient (Wildman–Crippen LogP) is 3.90. The Morgan fingerprint density at radius 2 is 2.00 bits per heavy atom. The Hall–Kier alpha value is -3.74. The van der Waals surface area contributed by atoms with E-state index < -0.39 is 5.97 Å². The number of amides is 1. The number of carboxylic acid groups (broad SMARTS) is 1. The van der Waals surface area contributed by atoms with E-state index in [0.29, 0.717) is 42.1 Å². The molecule has 1 unspecified atom stereocenters. The average molecular weight is 431 g/mol. The van der Waals surface area contributed by atoms with Gasteiger partial charge in [0.25, 0.3) is 5.91 Å². The number of anilines is 1. The minimum Gasteiger partial charge on any atom is -0.496 e. The number of carbonyl (C=O) groups is 2. The van der Waals surface area contributed by atoms with Gasteiger partial charge in [0.2, 0.25) is 0 Å². The van der Waals surface area contributed by atoms with Crippen LogP contribution in [-0.4, -0.2) is 41.1 Å². The standard InChI is InChI=1S/C25H25N3O4/c1-15-12-20-21(28(2)24(29)19-7-5-4-6-18(15)19)14-26-23(27-20)11-9-16-13-17(25(30)31)8-10-22(16)32-3/h4-8,10,13-15H,9,11-12H2,1-3H3,(H,30,31). The molecule has 0 aliphatic carbocycles. The van der Waals surface area contributed by atoms with Gasteiger partial charge in [-0.3, -0.25) is 4.79 Å². The van der Waals surface area contributed by atoms with Crippen LogP contribution in [0.2, 0.25) is 0 Å². The molecule has 1 N–H and O–H groups in total. The highest BCUT2D eigenvalue weighted by molar-refractivity contribution is 6.07. The zero-order valence-corrected chi connectivity index (χ0v) is 18.3. The van der Waals surface area contributed by atoms with E-state index in [1.807, 2.05) is 24.3 Å². The molecule has 4 rings (SSSR count). The first-order valence-corrected chi connectivity index (χ1v) is 10.5. The number of carboxylic acids is 1. The molecule has 0 saturated heterocycles. The molecule has 32 heavy (non-hydrogen) atoms. The van der Waals surface area contributed by atoms with Gasteiger partial charge in [-0.2, -0.15) is 0 Å². The summed E-state index contributed by atoms with van der Waals surface area (Å²) in [5, 5.41) is 9.28. The number of carbonyl (C=O) groups excluding carboxylic acids is 1. The molecule has 0 fully saturated rings. The Labute approximate surface area is 186 Å². The summed E-state index contributed by atoms with van der Waals surface area (Å²) in [6.45, 7) is 2.10. The lowest BCUT2D eigenvalue weighted by Gasteiger charge is -2.27. The third-order valence-corrected chi connectivity index (χ3v) is 5.93. The molecule has 0 saturated carbocycles. The second kappa shape index (κ2) is 8.78. The van der Waals surface area contributed by atoms with Crippen molar-refractivity contribution in [2.24, 2.45) is 0 Å². The van der Waals surface area contributed by atoms with Gasteiger partial charge in [0.05, 0.1) is 30.3 Å². The van der Waals surface area contributed by atoms with Crippen molar-refractivity contribution in [3.8, 4) is 5.75 Å². The number of aromatic nitrogens is 2. The molecule has 0 radical (unpaired) electrons. The molecule has 7 nitrogen and oxygen atoms in total. The van der Waals surface area contributed by atoms with Crippen molar-refractivity contribution in [1.29, 1.82) is 0 Å². The molecule has 1 atom stereocenters. The summed E-state index contributed by atoms with van der Waals surface area (Å²) < 4.78 is 5.38. The summed E-state index contributed by atoms with van der Waals surface area (Å²) in [5.74, 6) is 0.371. The number of methoxy groups -OCH3 is 1. The van der Waals surface area contributed by atoms with E-state index in [0.717, 1.165) is 16.8 Å². The molecule has 2 aromatic carbocycles. The zero-order chi connectivity index (χ0) is 22.8. The highest BCUT2D eigenvalue weighted by atomic mass is 16.5. The van der Waals surface area contributed by atoms with Crippen LogP contribution in [0, 0.1) is 0 Å². The van der Waals surface area contributed by atoms with Gasteiger partial charge in [0, 0.05) is 19.0 Å². The Morgan fingerprint density at radius 3 is 2.75 bits per heavy atom. The van der Waals surface area contributed by atoms with Crippen LogP contribution in [0.5, 0.6) is 5.75 Å². The van der Waals surface area contributed by atoms with Crippen molar-refractivity contribution in [1.82, 2.24) is 9.97 Å². The lowest BCUT2D eigenvalue weighted by molar-refractivity contribution is 0.0696. The van der Waals surface area contributed by atoms with E-state index in [4.69, 9.17) is 9.72 Å². The molecular formula is C25H25N3O4. The number of ether oxygens (including phenoxy) is 1. The Morgan fingerprint density at radius 1 is 1.22 bits per heavy atom. The highest BCUT2D eigenvalue weighted by Crippen LogP contribution is 2.32. The van der Waals surface area contributed by atoms with Crippen LogP contribution < -0.4 is 9.64 Å². The lowest BCUT2D eigenvalue weighted by Crippen LogP contribution is -2.31. The van der Waals surface area contributed by atoms with Crippen molar-refractivity contribution in [2.75, 3.05) is 19.1 Å². The summed E-state index contributed by atoms with van der Waals surface area (Å²) in [5.41, 5.74) is 4.28. The smallest absolute Gasteiger partial charge is 0.335 e. The first kappa shape index (κ1) is 21.5. The lowest BCUT2D eigenvalue weighted by atomic mass is 9.89. The van der Waals surface area contributed by atoms with Crippen LogP contribution >= 0.6 is 0 Å². The van der Waals surface area contributed by atoms with Gasteiger partial charge >= 0.3 is 5.97 Å². The predicted molar refractivity (Wildman–Crippen MR) is 121 cm³/mol. The molecule has 0 spiro atoms. The molecule has 1 aromatic heterocycles. The normalized spacial score (nSPS) is 15.4. The van der Waals surface area contributed by atoms with E-state index >= 15 is 0 Å². The van der Waals surface area contributed by atoms with Gasteiger partial charge in [0.15, 0.2) is 0 Å². The average Bonchev–Trinajstić information content (AvgIpc) is 2.81. The van der Waals surface area contributed by atoms with Gasteiger partial charge < -0.3 is 14.7 Å². The molecule has 164 valence electrons. The van der Waals surface area contributed by atoms with E-state index in [1.54, 1.807) is 37.4 Å². The summed E-state index contributed by atoms with van der Waals surface area (Å²) in [6.07, 6.45) is 3.46. The quantitative estimate of drug-likeness (QED) is 0.659. The van der Waals surface area contributed by atoms with E-state index in [-0.39, 0.29) is 17.4 Å². The monoisotopic (exact) mass is 431 g/mol. The van der Waals surface area contributed by atoms with Crippen molar-refractivity contribution in [3.63, 3.8) is 0 Å². The van der Waals surface area contributed by atoms with Gasteiger partial charge in [-0.1, -0.05) is 25.1 Å². The molecule has 7 heteroatoms. The highest BCUT2D eigenvalue weighted by Gasteiger charge is 2.27. The van der Waals surface area contributed by atoms with Crippen LogP contribution in [0.1, 0.15) is 56.2 Å². The maximum absolute atomic E-state index is 13.1. The molecule has 2 heterocycles. The maximum Gasteiger partial charge on any atom is 0.335 e. The minimum absolute atomic E-state index is 0.0695. The number of aromatic carboxylic acids is 1. The summed E-state index contributed by atoms with van der Waals surface area (Å²) in [6, 6.07) is 12.5. The number of hydrogen-bond donors (Lipinski definition) is 1. The Kier molecular flexibility index (Phi) is 5.90. The number of aryl methyl sites for hydroxylation is 2. The summed E-state index contributed by atoms with van der Waals surface area (Å²) in [7, 11) is 3.31. The maximum atomic E-state index is 13.1. The third-order valence-electron chi connectivity index (χ3n) is 5.93. The first-order chi connectivity index (χ1) is 15.4. The second-order valence-corrected chi connectivity index (χ2v) is 8.01. The van der Waals surface area contributed by atoms with E-state index in [1.165, 1.54) is 6.07 Å². The minimum atomic E-state index is -0.978. The second-order valence-electron chi connectivity index (χ2n) is 8.01. The molecule has 1 aliphatic heterocycles. The number of rotatable bonds is 5. The SMILES string of the molecule is COc1ccc(C(=O)O)cc1CCc1ncc2c(n1)CC(C)c1ccccc1C(=O)N2C. The number of nitrogens with zero attached hydrogens (tertiary/aromatic N) is 3. The fourth-order valence-electron chi connectivity index (χ4n) is 4.17. The fraction of sp³-hybridized carbons (Fsp3) is 0.280. The van der Waals surface area contributed by atoms with Crippen LogP contribution in [0.25, 0.3) is 0 Å². The van der Waals surface area contributed by atoms with Crippen LogP contribution in [0.15, 0.2) is 48.7 Å². The number of fused-ring (bicyclic) bond motifs is 2. The van der Waals surface area contributed by atoms with Crippen molar-refractivity contribution < 1.29 is 19.4 Å². The molecule has 0 bridgehead atoms. The third kappa shape index (κ3) is 4.06. The zero-order valence-electron chi connectivity index (χ0n) is 18.3. The van der Waals surface area contributed by atoms with Crippen LogP contribution in [0.3, 0.4) is 0 Å². The Balaban J connectivity index is 1.62. The molecule has 3 aromatic rings.